The summed E-state index contributed by atoms with van der Waals surface area (Å²) in [6.45, 7) is 0. The van der Waals surface area contributed by atoms with Gasteiger partial charge in [0, 0.05) is 76.3 Å². The summed E-state index contributed by atoms with van der Waals surface area (Å²) in [5.41, 5.74) is 2.97. The summed E-state index contributed by atoms with van der Waals surface area (Å²) < 4.78 is 5.90. The van der Waals surface area contributed by atoms with Crippen molar-refractivity contribution in [2.75, 3.05) is 0 Å². The van der Waals surface area contributed by atoms with Gasteiger partial charge in [0.1, 0.15) is 17.2 Å². The van der Waals surface area contributed by atoms with Gasteiger partial charge in [0.15, 0.2) is 11.6 Å². The molecule has 195 valence electrons. The van der Waals surface area contributed by atoms with Gasteiger partial charge in [-0.3, -0.25) is 9.97 Å². The molecule has 0 saturated heterocycles. The summed E-state index contributed by atoms with van der Waals surface area (Å²) >= 11 is 1.33. The van der Waals surface area contributed by atoms with Crippen LogP contribution in [-0.4, -0.2) is 38.6 Å². The summed E-state index contributed by atoms with van der Waals surface area (Å²) in [6.07, 6.45) is 14.6. The quantitative estimate of drug-likeness (QED) is 0.235. The fourth-order valence-electron chi connectivity index (χ4n) is 3.45. The van der Waals surface area contributed by atoms with Crippen LogP contribution in [0.3, 0.4) is 0 Å². The number of nitrogens with zero attached hydrogens (tertiary/aromatic N) is 8. The van der Waals surface area contributed by atoms with Gasteiger partial charge < -0.3 is 13.7 Å². The first-order valence-electron chi connectivity index (χ1n) is 11.6. The molecule has 0 aliphatic heterocycles. The molecule has 5 heterocycles. The Hall–Kier alpha value is -3.92. The molecule has 0 amide bonds. The average molecular weight is 702 g/mol. The van der Waals surface area contributed by atoms with Crippen molar-refractivity contribution in [2.45, 2.75) is 0 Å². The van der Waals surface area contributed by atoms with Gasteiger partial charge >= 0.3 is 27.2 Å². The number of hydrogen-bond acceptors (Lipinski definition) is 5. The molecule has 10 heteroatoms. The normalized spacial score (nSPS) is 9.71. The van der Waals surface area contributed by atoms with E-state index in [1.54, 1.807) is 24.8 Å². The predicted molar refractivity (Wildman–Crippen MR) is 147 cm³/mol. The zero-order chi connectivity index (χ0) is 27.2. The number of halogens is 1. The number of aromatic nitrogens is 8. The third kappa shape index (κ3) is 8.04. The van der Waals surface area contributed by atoms with Crippen molar-refractivity contribution in [3.63, 3.8) is 0 Å². The maximum atomic E-state index is 4.67. The van der Waals surface area contributed by atoms with Crippen molar-refractivity contribution >= 4 is 9.64 Å². The fourth-order valence-corrected chi connectivity index (χ4v) is 3.45. The molecular weight excluding hydrogens is 674 g/mol. The molecule has 6 rings (SSSR count). The number of aryl methyl sites for hydroxylation is 3. The van der Waals surface area contributed by atoms with Crippen LogP contribution in [0, 0.1) is 0 Å². The molecule has 0 spiro atoms. The fraction of sp³-hybridized carbons (Fsp3) is 0.107. The van der Waals surface area contributed by atoms with E-state index in [0.717, 1.165) is 34.4 Å². The second kappa shape index (κ2) is 15.4. The van der Waals surface area contributed by atoms with E-state index in [9.17, 15) is 0 Å². The molecular formula is C28H28ClN8Os. The molecule has 0 unspecified atom stereocenters. The van der Waals surface area contributed by atoms with E-state index >= 15 is 0 Å². The van der Waals surface area contributed by atoms with Crippen molar-refractivity contribution in [3.8, 4) is 34.4 Å². The molecule has 0 N–H and O–H groups in total. The zero-order valence-corrected chi connectivity index (χ0v) is 24.6. The van der Waals surface area contributed by atoms with Crippen LogP contribution in [0.15, 0.2) is 116 Å². The van der Waals surface area contributed by atoms with Gasteiger partial charge in [0.05, 0.1) is 0 Å². The molecule has 0 saturated carbocycles. The summed E-state index contributed by atoms with van der Waals surface area (Å²) in [4.78, 5) is 21.0. The molecule has 5 aromatic heterocycles. The van der Waals surface area contributed by atoms with E-state index in [1.165, 1.54) is 17.6 Å². The van der Waals surface area contributed by atoms with E-state index in [0.29, 0.717) is 0 Å². The summed E-state index contributed by atoms with van der Waals surface area (Å²) in [5, 5.41) is 0. The van der Waals surface area contributed by atoms with E-state index in [1.807, 2.05) is 114 Å². The maximum absolute atomic E-state index is 4.67. The molecule has 0 bridgehead atoms. The number of benzene rings is 1. The van der Waals surface area contributed by atoms with Crippen molar-refractivity contribution in [1.82, 2.24) is 38.6 Å². The van der Waals surface area contributed by atoms with Crippen LogP contribution in [0.2, 0.25) is 0 Å². The Morgan fingerprint density at radius 1 is 0.474 bits per heavy atom. The van der Waals surface area contributed by atoms with Gasteiger partial charge in [-0.05, 0) is 24.3 Å². The minimum atomic E-state index is 0.899. The minimum absolute atomic E-state index is 0.899. The second-order valence-electron chi connectivity index (χ2n) is 7.88. The number of imidazole rings is 3. The molecule has 0 atom stereocenters. The molecule has 0 aliphatic rings. The zero-order valence-electron chi connectivity index (χ0n) is 21.3. The summed E-state index contributed by atoms with van der Waals surface area (Å²) in [6, 6.07) is 21.8. The first kappa shape index (κ1) is 28.6. The van der Waals surface area contributed by atoms with Gasteiger partial charge in [-0.1, -0.05) is 42.5 Å². The van der Waals surface area contributed by atoms with E-state index < -0.39 is 0 Å². The van der Waals surface area contributed by atoms with Crippen molar-refractivity contribution in [3.05, 3.63) is 116 Å². The van der Waals surface area contributed by atoms with Gasteiger partial charge in [-0.2, -0.15) is 0 Å². The third-order valence-corrected chi connectivity index (χ3v) is 5.28. The Bertz CT molecular complexity index is 1280. The topological polar surface area (TPSA) is 79.2 Å². The van der Waals surface area contributed by atoms with Crippen LogP contribution in [0.1, 0.15) is 0 Å². The first-order chi connectivity index (χ1) is 18.6. The van der Waals surface area contributed by atoms with Crippen molar-refractivity contribution in [2.24, 2.45) is 21.1 Å². The van der Waals surface area contributed by atoms with Crippen molar-refractivity contribution in [1.29, 1.82) is 0 Å². The Morgan fingerprint density at radius 3 is 1.21 bits per heavy atom. The standard InChI is InChI=1S/C10H10N2.2C9H9N3.ClH.Os/c1-12-8-7-11-10(12)9-5-3-2-4-6-9;2*1-12-7-6-11-9(12)8-4-2-3-5-10-8;;/h2-8H,1H3;2*2-7H,1H3;1H;/q;;;;+1/p-1. The Balaban J connectivity index is 0.000000153. The Kier molecular flexibility index (Phi) is 11.6. The van der Waals surface area contributed by atoms with Crippen LogP contribution in [0.25, 0.3) is 34.4 Å². The van der Waals surface area contributed by atoms with Gasteiger partial charge in [0.25, 0.3) is 0 Å². The monoisotopic (exact) mass is 703 g/mol. The first-order valence-corrected chi connectivity index (χ1v) is 14.7. The van der Waals surface area contributed by atoms with E-state index in [-0.39, 0.29) is 0 Å². The number of hydrogen-bond donors (Lipinski definition) is 0. The molecule has 8 nitrogen and oxygen atoms in total. The van der Waals surface area contributed by atoms with E-state index in [2.05, 4.69) is 46.7 Å². The molecule has 1 aromatic carbocycles. The summed E-state index contributed by atoms with van der Waals surface area (Å²) in [7, 11) is 10.6. The van der Waals surface area contributed by atoms with Gasteiger partial charge in [0.2, 0.25) is 0 Å². The SMILES string of the molecule is Cn1ccnc1-c1ccccc1.Cn1ccnc1-c1ccccn1.Cn1ccnc1-c1ccccn1.[Cl][Os]. The third-order valence-electron chi connectivity index (χ3n) is 5.28. The molecule has 0 radical (unpaired) electrons. The van der Waals surface area contributed by atoms with Crippen LogP contribution in [0.4, 0.5) is 0 Å². The van der Waals surface area contributed by atoms with Crippen LogP contribution in [-0.2, 0) is 38.7 Å². The molecule has 0 aliphatic carbocycles. The Morgan fingerprint density at radius 2 is 0.868 bits per heavy atom. The van der Waals surface area contributed by atoms with Crippen LogP contribution in [0.5, 0.6) is 0 Å². The predicted octanol–water partition coefficient (Wildman–Crippen LogP) is 5.74. The van der Waals surface area contributed by atoms with Crippen LogP contribution >= 0.6 is 9.64 Å². The van der Waals surface area contributed by atoms with Gasteiger partial charge in [-0.25, -0.2) is 15.0 Å². The Labute approximate surface area is 237 Å². The number of rotatable bonds is 3. The van der Waals surface area contributed by atoms with Crippen molar-refractivity contribution < 1.29 is 17.6 Å². The van der Waals surface area contributed by atoms with Gasteiger partial charge in [-0.15, -0.1) is 0 Å². The number of pyridine rings is 2. The van der Waals surface area contributed by atoms with E-state index in [4.69, 9.17) is 0 Å². The second-order valence-corrected chi connectivity index (χ2v) is 7.88. The molecule has 0 fully saturated rings. The van der Waals surface area contributed by atoms with Crippen LogP contribution < -0.4 is 0 Å². The summed E-state index contributed by atoms with van der Waals surface area (Å²) in [5.74, 6) is 2.81. The molecule has 38 heavy (non-hydrogen) atoms. The molecule has 6 aromatic rings. The average Bonchev–Trinajstić information content (AvgIpc) is 3.73.